The van der Waals surface area contributed by atoms with Gasteiger partial charge in [-0.2, -0.15) is 0 Å². The number of Topliss-reactive ketones (excluding diaryl/α,β-unsaturated/α-hetero) is 1. The molecule has 0 aromatic heterocycles. The molecule has 2 bridgehead atoms. The highest BCUT2D eigenvalue weighted by atomic mass is 28.3. The van der Waals surface area contributed by atoms with Crippen molar-refractivity contribution in [2.75, 3.05) is 0 Å². The van der Waals surface area contributed by atoms with E-state index >= 15 is 0 Å². The number of carbonyl (C=O) groups is 1. The third-order valence-electron chi connectivity index (χ3n) is 3.67. The second-order valence-electron chi connectivity index (χ2n) is 5.51. The van der Waals surface area contributed by atoms with E-state index in [1.54, 1.807) is 0 Å². The molecule has 0 aromatic carbocycles. The average Bonchev–Trinajstić information content (AvgIpc) is 2.39. The summed E-state index contributed by atoms with van der Waals surface area (Å²) in [5, 5.41) is 0. The Morgan fingerprint density at radius 1 is 1.25 bits per heavy atom. The molecule has 0 amide bonds. The Hall–Kier alpha value is -0.113. The van der Waals surface area contributed by atoms with Crippen molar-refractivity contribution in [3.05, 3.63) is 0 Å². The lowest BCUT2D eigenvalue weighted by Gasteiger charge is -2.28. The second-order valence-corrected chi connectivity index (χ2v) is 10.9. The molecular formula is C10H18OSi. The van der Waals surface area contributed by atoms with Crippen molar-refractivity contribution in [2.45, 2.75) is 44.4 Å². The molecule has 2 saturated carbocycles. The van der Waals surface area contributed by atoms with Gasteiger partial charge in [-0.25, -0.2) is 0 Å². The fourth-order valence-corrected chi connectivity index (χ4v) is 6.65. The average molecular weight is 182 g/mol. The van der Waals surface area contributed by atoms with Gasteiger partial charge in [0, 0.05) is 20.4 Å². The number of fused-ring (bicyclic) bond motifs is 2. The Morgan fingerprint density at radius 3 is 2.17 bits per heavy atom. The highest BCUT2D eigenvalue weighted by molar-refractivity contribution is 6.78. The Kier molecular flexibility index (Phi) is 1.72. The first kappa shape index (κ1) is 8.48. The Balaban J connectivity index is 2.24. The van der Waals surface area contributed by atoms with E-state index in [-0.39, 0.29) is 0 Å². The zero-order valence-electron chi connectivity index (χ0n) is 8.26. The number of carbonyl (C=O) groups excluding carboxylic acids is 1. The molecule has 2 fully saturated rings. The maximum atomic E-state index is 11.5. The first-order valence-electron chi connectivity index (χ1n) is 5.03. The van der Waals surface area contributed by atoms with Gasteiger partial charge in [0.05, 0.1) is 0 Å². The molecule has 2 aliphatic carbocycles. The zero-order chi connectivity index (χ0) is 8.93. The van der Waals surface area contributed by atoms with Crippen LogP contribution in [0.25, 0.3) is 0 Å². The first-order chi connectivity index (χ1) is 5.50. The summed E-state index contributed by atoms with van der Waals surface area (Å²) in [4.78, 5) is 11.5. The standard InChI is InChI=1S/C10H18OSi/c1-12(2,3)10-7-4-5-8(10)9(11)6-7/h7-8,10H,4-6H2,1-3H3/t7-,8-,10-/m1/s1. The van der Waals surface area contributed by atoms with Gasteiger partial charge in [0.25, 0.3) is 0 Å². The van der Waals surface area contributed by atoms with Crippen LogP contribution in [0.4, 0.5) is 0 Å². The summed E-state index contributed by atoms with van der Waals surface area (Å²) in [5.41, 5.74) is 0.824. The van der Waals surface area contributed by atoms with E-state index in [1.165, 1.54) is 12.8 Å². The Morgan fingerprint density at radius 2 is 1.92 bits per heavy atom. The number of hydrogen-bond donors (Lipinski definition) is 0. The van der Waals surface area contributed by atoms with Gasteiger partial charge < -0.3 is 0 Å². The summed E-state index contributed by atoms with van der Waals surface area (Å²) in [6, 6.07) is 0. The molecule has 2 heteroatoms. The maximum absolute atomic E-state index is 11.5. The predicted molar refractivity (Wildman–Crippen MR) is 52.9 cm³/mol. The van der Waals surface area contributed by atoms with Crippen LogP contribution in [0, 0.1) is 11.8 Å². The van der Waals surface area contributed by atoms with E-state index < -0.39 is 8.07 Å². The van der Waals surface area contributed by atoms with E-state index in [9.17, 15) is 4.79 Å². The van der Waals surface area contributed by atoms with E-state index in [0.29, 0.717) is 11.7 Å². The number of hydrogen-bond acceptors (Lipinski definition) is 1. The van der Waals surface area contributed by atoms with Crippen molar-refractivity contribution in [1.82, 2.24) is 0 Å². The lowest BCUT2D eigenvalue weighted by Crippen LogP contribution is -2.31. The van der Waals surface area contributed by atoms with Crippen molar-refractivity contribution in [2.24, 2.45) is 11.8 Å². The number of rotatable bonds is 1. The van der Waals surface area contributed by atoms with E-state index in [1.807, 2.05) is 0 Å². The second kappa shape index (κ2) is 2.44. The summed E-state index contributed by atoms with van der Waals surface area (Å²) in [7, 11) is -1.05. The van der Waals surface area contributed by atoms with Crippen molar-refractivity contribution >= 4 is 13.9 Å². The third-order valence-corrected chi connectivity index (χ3v) is 6.54. The SMILES string of the molecule is C[Si](C)(C)[C@@H]1[C@@H]2CC[C@@H]1C(=O)C2. The van der Waals surface area contributed by atoms with Crippen LogP contribution in [0.1, 0.15) is 19.3 Å². The molecule has 0 aromatic rings. The molecule has 0 N–H and O–H groups in total. The summed E-state index contributed by atoms with van der Waals surface area (Å²) in [5.74, 6) is 1.86. The summed E-state index contributed by atoms with van der Waals surface area (Å²) >= 11 is 0. The molecule has 0 saturated heterocycles. The predicted octanol–water partition coefficient (Wildman–Crippen LogP) is 2.69. The van der Waals surface area contributed by atoms with Gasteiger partial charge in [-0.05, 0) is 24.3 Å². The summed E-state index contributed by atoms with van der Waals surface area (Å²) in [6.45, 7) is 7.25. The monoisotopic (exact) mass is 182 g/mol. The molecule has 0 spiro atoms. The van der Waals surface area contributed by atoms with Gasteiger partial charge in [0.2, 0.25) is 0 Å². The van der Waals surface area contributed by atoms with Crippen molar-refractivity contribution < 1.29 is 4.79 Å². The fraction of sp³-hybridized carbons (Fsp3) is 0.900. The maximum Gasteiger partial charge on any atom is 0.136 e. The molecule has 0 radical (unpaired) electrons. The molecule has 0 unspecified atom stereocenters. The van der Waals surface area contributed by atoms with Crippen molar-refractivity contribution in [3.8, 4) is 0 Å². The smallest absolute Gasteiger partial charge is 0.136 e. The van der Waals surface area contributed by atoms with Crippen LogP contribution >= 0.6 is 0 Å². The van der Waals surface area contributed by atoms with Gasteiger partial charge in [0.1, 0.15) is 5.78 Å². The lowest BCUT2D eigenvalue weighted by atomic mass is 10.00. The minimum absolute atomic E-state index is 0.488. The van der Waals surface area contributed by atoms with Crippen molar-refractivity contribution in [3.63, 3.8) is 0 Å². The minimum atomic E-state index is -1.05. The number of ketones is 1. The third kappa shape index (κ3) is 1.08. The zero-order valence-corrected chi connectivity index (χ0v) is 9.26. The van der Waals surface area contributed by atoms with Gasteiger partial charge in [-0.15, -0.1) is 0 Å². The molecule has 2 rings (SSSR count). The van der Waals surface area contributed by atoms with Crippen LogP contribution in [-0.4, -0.2) is 13.9 Å². The Labute approximate surface area is 75.6 Å². The van der Waals surface area contributed by atoms with Gasteiger partial charge in [0.15, 0.2) is 0 Å². The fourth-order valence-electron chi connectivity index (χ4n) is 3.39. The summed E-state index contributed by atoms with van der Waals surface area (Å²) < 4.78 is 0. The molecule has 0 heterocycles. The minimum Gasteiger partial charge on any atom is -0.299 e. The normalized spacial score (nSPS) is 40.9. The van der Waals surface area contributed by atoms with Crippen LogP contribution in [0.2, 0.25) is 25.2 Å². The van der Waals surface area contributed by atoms with Gasteiger partial charge in [-0.3, -0.25) is 4.79 Å². The topological polar surface area (TPSA) is 17.1 Å². The summed E-state index contributed by atoms with van der Waals surface area (Å²) in [6.07, 6.45) is 3.46. The molecule has 3 atom stereocenters. The van der Waals surface area contributed by atoms with Crippen LogP contribution in [0.15, 0.2) is 0 Å². The van der Waals surface area contributed by atoms with E-state index in [4.69, 9.17) is 0 Å². The van der Waals surface area contributed by atoms with Crippen LogP contribution in [-0.2, 0) is 4.79 Å². The van der Waals surface area contributed by atoms with E-state index in [2.05, 4.69) is 19.6 Å². The largest absolute Gasteiger partial charge is 0.299 e. The quantitative estimate of drug-likeness (QED) is 0.570. The molecule has 0 aliphatic heterocycles. The highest BCUT2D eigenvalue weighted by Crippen LogP contribution is 2.55. The van der Waals surface area contributed by atoms with Gasteiger partial charge in [-0.1, -0.05) is 19.6 Å². The van der Waals surface area contributed by atoms with Crippen LogP contribution < -0.4 is 0 Å². The molecule has 1 nitrogen and oxygen atoms in total. The molecule has 68 valence electrons. The van der Waals surface area contributed by atoms with Crippen molar-refractivity contribution in [1.29, 1.82) is 0 Å². The highest BCUT2D eigenvalue weighted by Gasteiger charge is 2.52. The first-order valence-corrected chi connectivity index (χ1v) is 8.60. The molecular weight excluding hydrogens is 164 g/mol. The lowest BCUT2D eigenvalue weighted by molar-refractivity contribution is -0.121. The molecule has 2 aliphatic rings. The van der Waals surface area contributed by atoms with Gasteiger partial charge >= 0.3 is 0 Å². The van der Waals surface area contributed by atoms with Crippen LogP contribution in [0.5, 0.6) is 0 Å². The van der Waals surface area contributed by atoms with E-state index in [0.717, 1.165) is 17.9 Å². The Bertz CT molecular complexity index is 216. The van der Waals surface area contributed by atoms with Crippen LogP contribution in [0.3, 0.4) is 0 Å². The molecule has 12 heavy (non-hydrogen) atoms.